The van der Waals surface area contributed by atoms with Crippen molar-refractivity contribution in [3.8, 4) is 0 Å². The zero-order chi connectivity index (χ0) is 14.6. The number of carbonyl (C=O) groups excluding carboxylic acids is 1. The van der Waals surface area contributed by atoms with E-state index in [0.717, 1.165) is 4.90 Å². The highest BCUT2D eigenvalue weighted by atomic mass is 19.4. The zero-order valence-electron chi connectivity index (χ0n) is 11.1. The van der Waals surface area contributed by atoms with Gasteiger partial charge in [-0.1, -0.05) is 0 Å². The number of aliphatic hydroxyl groups excluding tert-OH is 1. The standard InChI is InChI=1S/C12H18F3NO3/c1-11(2,3)19-10(18)16-5-6-4-7(6)8(16)9(17)12(13,14)15/h6-9,17H,4-5H2,1-3H3/t6?,7?,8-,9?/m1/s1. The molecule has 1 heterocycles. The molecule has 4 nitrogen and oxygen atoms in total. The molecule has 0 aromatic rings. The van der Waals surface area contributed by atoms with E-state index in [4.69, 9.17) is 4.74 Å². The van der Waals surface area contributed by atoms with E-state index < -0.39 is 30.0 Å². The summed E-state index contributed by atoms with van der Waals surface area (Å²) in [5.41, 5.74) is -0.766. The molecule has 1 aliphatic heterocycles. The first kappa shape index (κ1) is 14.4. The number of amides is 1. The van der Waals surface area contributed by atoms with Crippen LogP contribution in [-0.2, 0) is 4.74 Å². The molecule has 2 fully saturated rings. The van der Waals surface area contributed by atoms with Crippen molar-refractivity contribution in [2.45, 2.75) is 51.1 Å². The second-order valence-corrected chi connectivity index (χ2v) is 6.27. The quantitative estimate of drug-likeness (QED) is 0.801. The van der Waals surface area contributed by atoms with Crippen LogP contribution >= 0.6 is 0 Å². The highest BCUT2D eigenvalue weighted by Crippen LogP contribution is 2.52. The number of ether oxygens (including phenoxy) is 1. The predicted molar refractivity (Wildman–Crippen MR) is 60.4 cm³/mol. The van der Waals surface area contributed by atoms with E-state index in [-0.39, 0.29) is 18.4 Å². The molecule has 0 spiro atoms. The van der Waals surface area contributed by atoms with Crippen LogP contribution in [0.3, 0.4) is 0 Å². The number of aliphatic hydroxyl groups is 1. The number of likely N-dealkylation sites (tertiary alicyclic amines) is 1. The normalized spacial score (nSPS) is 31.9. The van der Waals surface area contributed by atoms with Gasteiger partial charge in [0.1, 0.15) is 5.60 Å². The Kier molecular flexibility index (Phi) is 3.24. The molecule has 19 heavy (non-hydrogen) atoms. The maximum Gasteiger partial charge on any atom is 0.416 e. The van der Waals surface area contributed by atoms with Gasteiger partial charge in [0.15, 0.2) is 6.10 Å². The van der Waals surface area contributed by atoms with Gasteiger partial charge in [-0.15, -0.1) is 0 Å². The fourth-order valence-corrected chi connectivity index (χ4v) is 2.62. The molecule has 1 amide bonds. The minimum atomic E-state index is -4.72. The van der Waals surface area contributed by atoms with Gasteiger partial charge in [0.2, 0.25) is 0 Å². The third kappa shape index (κ3) is 2.96. The summed E-state index contributed by atoms with van der Waals surface area (Å²) >= 11 is 0. The van der Waals surface area contributed by atoms with Crippen LogP contribution in [0.1, 0.15) is 27.2 Å². The average molecular weight is 281 g/mol. The Bertz CT molecular complexity index is 377. The zero-order valence-corrected chi connectivity index (χ0v) is 11.1. The van der Waals surface area contributed by atoms with Crippen molar-refractivity contribution >= 4 is 6.09 Å². The molecule has 1 saturated carbocycles. The number of hydrogen-bond donors (Lipinski definition) is 1. The van der Waals surface area contributed by atoms with Crippen LogP contribution in [0.15, 0.2) is 0 Å². The number of nitrogens with zero attached hydrogens (tertiary/aromatic N) is 1. The number of hydrogen-bond acceptors (Lipinski definition) is 3. The Labute approximate surface area is 109 Å². The van der Waals surface area contributed by atoms with Crippen LogP contribution in [0.5, 0.6) is 0 Å². The Balaban J connectivity index is 2.10. The molecule has 4 atom stereocenters. The van der Waals surface area contributed by atoms with E-state index in [1.165, 1.54) is 0 Å². The maximum atomic E-state index is 12.6. The number of fused-ring (bicyclic) bond motifs is 1. The minimum Gasteiger partial charge on any atom is -0.444 e. The van der Waals surface area contributed by atoms with E-state index >= 15 is 0 Å². The molecule has 1 N–H and O–H groups in total. The van der Waals surface area contributed by atoms with E-state index in [0.29, 0.717) is 6.42 Å². The molecule has 2 aliphatic rings. The first-order valence-corrected chi connectivity index (χ1v) is 6.25. The van der Waals surface area contributed by atoms with Crippen molar-refractivity contribution in [3.05, 3.63) is 0 Å². The van der Waals surface area contributed by atoms with Gasteiger partial charge in [0, 0.05) is 6.54 Å². The number of alkyl halides is 3. The largest absolute Gasteiger partial charge is 0.444 e. The molecule has 0 aromatic heterocycles. The Morgan fingerprint density at radius 1 is 1.37 bits per heavy atom. The Hall–Kier alpha value is -0.980. The molecule has 110 valence electrons. The molecule has 0 bridgehead atoms. The van der Waals surface area contributed by atoms with Gasteiger partial charge in [-0.25, -0.2) is 4.79 Å². The van der Waals surface area contributed by atoms with Gasteiger partial charge in [-0.05, 0) is 39.0 Å². The van der Waals surface area contributed by atoms with Gasteiger partial charge in [0.25, 0.3) is 0 Å². The van der Waals surface area contributed by atoms with Gasteiger partial charge in [-0.2, -0.15) is 13.2 Å². The lowest BCUT2D eigenvalue weighted by atomic mass is 10.1. The maximum absolute atomic E-state index is 12.6. The van der Waals surface area contributed by atoms with Crippen LogP contribution in [0.2, 0.25) is 0 Å². The summed E-state index contributed by atoms with van der Waals surface area (Å²) in [6, 6.07) is -1.21. The van der Waals surface area contributed by atoms with Crippen LogP contribution in [-0.4, -0.2) is 46.6 Å². The third-order valence-electron chi connectivity index (χ3n) is 3.49. The van der Waals surface area contributed by atoms with E-state index in [9.17, 15) is 23.1 Å². The molecule has 1 saturated heterocycles. The van der Waals surface area contributed by atoms with E-state index in [1.54, 1.807) is 20.8 Å². The molecular weight excluding hydrogens is 263 g/mol. The lowest BCUT2D eigenvalue weighted by Gasteiger charge is -2.33. The first-order chi connectivity index (χ1) is 8.50. The summed E-state index contributed by atoms with van der Waals surface area (Å²) in [7, 11) is 0. The van der Waals surface area contributed by atoms with Gasteiger partial charge >= 0.3 is 12.3 Å². The number of piperidine rings is 1. The summed E-state index contributed by atoms with van der Waals surface area (Å²) in [4.78, 5) is 12.9. The number of rotatable bonds is 1. The van der Waals surface area contributed by atoms with Crippen LogP contribution in [0.4, 0.5) is 18.0 Å². The van der Waals surface area contributed by atoms with Gasteiger partial charge in [0.05, 0.1) is 6.04 Å². The summed E-state index contributed by atoms with van der Waals surface area (Å²) in [6.07, 6.45) is -7.37. The lowest BCUT2D eigenvalue weighted by Crippen LogP contribution is -2.52. The summed E-state index contributed by atoms with van der Waals surface area (Å²) in [6.45, 7) is 5.18. The highest BCUT2D eigenvalue weighted by molar-refractivity contribution is 5.69. The van der Waals surface area contributed by atoms with Gasteiger partial charge in [-0.3, -0.25) is 0 Å². The second-order valence-electron chi connectivity index (χ2n) is 6.27. The van der Waals surface area contributed by atoms with Crippen molar-refractivity contribution in [1.29, 1.82) is 0 Å². The molecule has 7 heteroatoms. The molecule has 0 aromatic carbocycles. The van der Waals surface area contributed by atoms with Crippen LogP contribution in [0.25, 0.3) is 0 Å². The lowest BCUT2D eigenvalue weighted by molar-refractivity contribution is -0.220. The third-order valence-corrected chi connectivity index (χ3v) is 3.49. The second kappa shape index (κ2) is 4.26. The fourth-order valence-electron chi connectivity index (χ4n) is 2.62. The topological polar surface area (TPSA) is 49.8 Å². The smallest absolute Gasteiger partial charge is 0.416 e. The fraction of sp³-hybridized carbons (Fsp3) is 0.917. The van der Waals surface area contributed by atoms with Crippen molar-refractivity contribution in [2.75, 3.05) is 6.54 Å². The van der Waals surface area contributed by atoms with E-state index in [1.807, 2.05) is 0 Å². The van der Waals surface area contributed by atoms with Crippen molar-refractivity contribution in [2.24, 2.45) is 11.8 Å². The van der Waals surface area contributed by atoms with E-state index in [2.05, 4.69) is 0 Å². The number of halogens is 3. The van der Waals surface area contributed by atoms with Crippen LogP contribution in [0, 0.1) is 11.8 Å². The Morgan fingerprint density at radius 3 is 2.42 bits per heavy atom. The monoisotopic (exact) mass is 281 g/mol. The molecule has 0 radical (unpaired) electrons. The molecule has 1 aliphatic carbocycles. The summed E-state index contributed by atoms with van der Waals surface area (Å²) < 4.78 is 43.0. The highest BCUT2D eigenvalue weighted by Gasteiger charge is 2.61. The summed E-state index contributed by atoms with van der Waals surface area (Å²) in [5, 5.41) is 9.43. The predicted octanol–water partition coefficient (Wildman–Crippen LogP) is 2.17. The minimum absolute atomic E-state index is 0.0644. The number of carbonyl (C=O) groups is 1. The van der Waals surface area contributed by atoms with Gasteiger partial charge < -0.3 is 14.7 Å². The Morgan fingerprint density at radius 2 is 1.95 bits per heavy atom. The van der Waals surface area contributed by atoms with Crippen molar-refractivity contribution < 1.29 is 27.8 Å². The first-order valence-electron chi connectivity index (χ1n) is 6.25. The van der Waals surface area contributed by atoms with Crippen molar-refractivity contribution in [1.82, 2.24) is 4.90 Å². The molecule has 3 unspecified atom stereocenters. The SMILES string of the molecule is CC(C)(C)OC(=O)N1CC2CC2[C@@H]1C(O)C(F)(F)F. The molecular formula is C12H18F3NO3. The summed E-state index contributed by atoms with van der Waals surface area (Å²) in [5.74, 6) is -0.196. The van der Waals surface area contributed by atoms with Crippen LogP contribution < -0.4 is 0 Å². The van der Waals surface area contributed by atoms with Crippen molar-refractivity contribution in [3.63, 3.8) is 0 Å². The molecule has 2 rings (SSSR count). The average Bonchev–Trinajstić information content (AvgIpc) is 2.85.